The summed E-state index contributed by atoms with van der Waals surface area (Å²) in [7, 11) is 0. The Bertz CT molecular complexity index is 860. The van der Waals surface area contributed by atoms with E-state index in [-0.39, 0.29) is 6.23 Å². The highest BCUT2D eigenvalue weighted by Crippen LogP contribution is 2.35. The number of fused-ring (bicyclic) bond motifs is 1. The van der Waals surface area contributed by atoms with Crippen molar-refractivity contribution >= 4 is 26.8 Å². The largest absolute Gasteiger partial charge is 0.356 e. The molecule has 1 atom stereocenters. The van der Waals surface area contributed by atoms with Gasteiger partial charge in [0.1, 0.15) is 5.69 Å². The Labute approximate surface area is 140 Å². The third-order valence-corrected chi connectivity index (χ3v) is 4.56. The summed E-state index contributed by atoms with van der Waals surface area (Å²) < 4.78 is 22.0. The highest BCUT2D eigenvalue weighted by Gasteiger charge is 2.23. The van der Waals surface area contributed by atoms with E-state index in [1.807, 2.05) is 4.68 Å². The van der Waals surface area contributed by atoms with Gasteiger partial charge in [0.2, 0.25) is 5.95 Å². The van der Waals surface area contributed by atoms with Gasteiger partial charge in [-0.3, -0.25) is 4.98 Å². The molecular weight excluding hydrogens is 363 g/mol. The first-order valence-corrected chi connectivity index (χ1v) is 8.29. The molecule has 3 aromatic rings. The maximum atomic E-state index is 13.5. The van der Waals surface area contributed by atoms with Crippen LogP contribution in [0.15, 0.2) is 35.1 Å². The lowest BCUT2D eigenvalue weighted by molar-refractivity contribution is -0.0365. The molecule has 0 aromatic carbocycles. The van der Waals surface area contributed by atoms with E-state index in [1.165, 1.54) is 6.07 Å². The molecule has 1 aliphatic rings. The van der Waals surface area contributed by atoms with Crippen LogP contribution in [-0.2, 0) is 4.74 Å². The third-order valence-electron chi connectivity index (χ3n) is 3.96. The van der Waals surface area contributed by atoms with Crippen LogP contribution in [-0.4, -0.2) is 26.4 Å². The lowest BCUT2D eigenvalue weighted by Crippen LogP contribution is -2.19. The Morgan fingerprint density at radius 1 is 1.26 bits per heavy atom. The minimum Gasteiger partial charge on any atom is -0.356 e. The van der Waals surface area contributed by atoms with Crippen LogP contribution in [0.3, 0.4) is 0 Å². The second kappa shape index (κ2) is 5.98. The second-order valence-electron chi connectivity index (χ2n) is 5.48. The van der Waals surface area contributed by atoms with Crippen molar-refractivity contribution < 1.29 is 9.13 Å². The van der Waals surface area contributed by atoms with Crippen molar-refractivity contribution in [2.75, 3.05) is 6.61 Å². The molecule has 3 aromatic heterocycles. The van der Waals surface area contributed by atoms with E-state index in [9.17, 15) is 4.39 Å². The smallest absolute Gasteiger partial charge is 0.213 e. The van der Waals surface area contributed by atoms with Crippen molar-refractivity contribution in [3.05, 3.63) is 41.0 Å². The zero-order valence-electron chi connectivity index (χ0n) is 12.2. The molecule has 1 fully saturated rings. The van der Waals surface area contributed by atoms with Gasteiger partial charge in [0.15, 0.2) is 6.23 Å². The van der Waals surface area contributed by atoms with Gasteiger partial charge in [-0.05, 0) is 47.3 Å². The first-order chi connectivity index (χ1) is 11.2. The van der Waals surface area contributed by atoms with Gasteiger partial charge in [-0.2, -0.15) is 9.49 Å². The van der Waals surface area contributed by atoms with Gasteiger partial charge in [0, 0.05) is 22.7 Å². The van der Waals surface area contributed by atoms with Crippen LogP contribution in [0.4, 0.5) is 4.39 Å². The summed E-state index contributed by atoms with van der Waals surface area (Å²) in [5.74, 6) is -0.524. The van der Waals surface area contributed by atoms with Crippen molar-refractivity contribution in [3.63, 3.8) is 0 Å². The normalized spacial score (nSPS) is 18.4. The van der Waals surface area contributed by atoms with Crippen LogP contribution in [0.25, 0.3) is 22.3 Å². The number of pyridine rings is 2. The fourth-order valence-corrected chi connectivity index (χ4v) is 3.41. The summed E-state index contributed by atoms with van der Waals surface area (Å²) >= 11 is 3.52. The van der Waals surface area contributed by atoms with Crippen molar-refractivity contribution in [2.24, 2.45) is 0 Å². The molecule has 118 valence electrons. The average molecular weight is 377 g/mol. The number of ether oxygens (including phenoxy) is 1. The quantitative estimate of drug-likeness (QED) is 0.632. The van der Waals surface area contributed by atoms with Crippen LogP contribution in [0.5, 0.6) is 0 Å². The Kier molecular flexibility index (Phi) is 3.82. The average Bonchev–Trinajstić information content (AvgIpc) is 2.97. The van der Waals surface area contributed by atoms with Crippen molar-refractivity contribution in [3.8, 4) is 11.4 Å². The number of nitrogens with zero attached hydrogens (tertiary/aromatic N) is 4. The van der Waals surface area contributed by atoms with E-state index in [2.05, 4.69) is 31.0 Å². The summed E-state index contributed by atoms with van der Waals surface area (Å²) in [6.45, 7) is 0.723. The molecule has 4 rings (SSSR count). The first kappa shape index (κ1) is 14.7. The highest BCUT2D eigenvalue weighted by molar-refractivity contribution is 9.10. The Morgan fingerprint density at radius 2 is 2.17 bits per heavy atom. The minimum atomic E-state index is -0.524. The third kappa shape index (κ3) is 2.64. The van der Waals surface area contributed by atoms with Gasteiger partial charge < -0.3 is 4.74 Å². The van der Waals surface area contributed by atoms with Crippen LogP contribution in [0.2, 0.25) is 0 Å². The van der Waals surface area contributed by atoms with E-state index in [1.54, 1.807) is 24.5 Å². The maximum Gasteiger partial charge on any atom is 0.213 e. The lowest BCUT2D eigenvalue weighted by Gasteiger charge is -2.23. The topological polar surface area (TPSA) is 52.8 Å². The fourth-order valence-electron chi connectivity index (χ4n) is 2.90. The van der Waals surface area contributed by atoms with E-state index in [0.29, 0.717) is 11.4 Å². The van der Waals surface area contributed by atoms with Gasteiger partial charge in [0.05, 0.1) is 17.4 Å². The number of aromatic nitrogens is 4. The van der Waals surface area contributed by atoms with Gasteiger partial charge in [-0.1, -0.05) is 6.07 Å². The summed E-state index contributed by atoms with van der Waals surface area (Å²) in [4.78, 5) is 8.20. The molecule has 1 unspecified atom stereocenters. The van der Waals surface area contributed by atoms with Crippen molar-refractivity contribution in [2.45, 2.75) is 25.5 Å². The number of hydrogen-bond donors (Lipinski definition) is 0. The molecule has 0 N–H and O–H groups in total. The zero-order chi connectivity index (χ0) is 15.8. The fraction of sp³-hybridized carbons (Fsp3) is 0.312. The highest BCUT2D eigenvalue weighted by atomic mass is 79.9. The molecular formula is C16H14BrFN4O. The lowest BCUT2D eigenvalue weighted by atomic mass is 10.1. The molecule has 5 nitrogen and oxygen atoms in total. The van der Waals surface area contributed by atoms with Crippen molar-refractivity contribution in [1.29, 1.82) is 0 Å². The molecule has 0 amide bonds. The van der Waals surface area contributed by atoms with Gasteiger partial charge >= 0.3 is 0 Å². The van der Waals surface area contributed by atoms with Crippen LogP contribution < -0.4 is 0 Å². The van der Waals surface area contributed by atoms with E-state index in [0.717, 1.165) is 41.2 Å². The summed E-state index contributed by atoms with van der Waals surface area (Å²) in [6, 6.07) is 4.71. The maximum absolute atomic E-state index is 13.5. The molecule has 1 aliphatic heterocycles. The monoisotopic (exact) mass is 376 g/mol. The molecule has 7 heteroatoms. The van der Waals surface area contributed by atoms with Gasteiger partial charge in [-0.15, -0.1) is 0 Å². The van der Waals surface area contributed by atoms with E-state index >= 15 is 0 Å². The standard InChI is InChI=1S/C16H14BrFN4O/c17-10-8-19-9-12-15(10)16(11-4-3-5-13(18)20-11)21-22(12)14-6-1-2-7-23-14/h3-5,8-9,14H,1-2,6-7H2. The molecule has 1 saturated heterocycles. The molecule has 4 heterocycles. The van der Waals surface area contributed by atoms with Crippen LogP contribution in [0, 0.1) is 5.95 Å². The molecule has 0 radical (unpaired) electrons. The number of rotatable bonds is 2. The Hall–Kier alpha value is -1.86. The first-order valence-electron chi connectivity index (χ1n) is 7.50. The minimum absolute atomic E-state index is 0.121. The second-order valence-corrected chi connectivity index (χ2v) is 6.33. The summed E-state index contributed by atoms with van der Waals surface area (Å²) in [5, 5.41) is 5.55. The molecule has 0 saturated carbocycles. The summed E-state index contributed by atoms with van der Waals surface area (Å²) in [5.41, 5.74) is 1.98. The SMILES string of the molecule is Fc1cccc(-c2nn(C3CCCCO3)c3cncc(Br)c23)n1. The molecule has 0 bridgehead atoms. The van der Waals surface area contributed by atoms with E-state index < -0.39 is 5.95 Å². The number of halogens is 2. The predicted octanol–water partition coefficient (Wildman–Crippen LogP) is 4.09. The van der Waals surface area contributed by atoms with Gasteiger partial charge in [0.25, 0.3) is 0 Å². The van der Waals surface area contributed by atoms with Crippen LogP contribution >= 0.6 is 15.9 Å². The Morgan fingerprint density at radius 3 is 2.96 bits per heavy atom. The molecule has 0 aliphatic carbocycles. The molecule has 0 spiro atoms. The summed E-state index contributed by atoms with van der Waals surface area (Å²) in [6.07, 6.45) is 6.41. The zero-order valence-corrected chi connectivity index (χ0v) is 13.8. The van der Waals surface area contributed by atoms with E-state index in [4.69, 9.17) is 4.74 Å². The van der Waals surface area contributed by atoms with Gasteiger partial charge in [-0.25, -0.2) is 9.67 Å². The predicted molar refractivity (Wildman–Crippen MR) is 87.3 cm³/mol. The van der Waals surface area contributed by atoms with Crippen LogP contribution in [0.1, 0.15) is 25.5 Å². The Balaban J connectivity index is 1.94. The van der Waals surface area contributed by atoms with Crippen molar-refractivity contribution in [1.82, 2.24) is 19.7 Å². The molecule has 23 heavy (non-hydrogen) atoms. The number of hydrogen-bond acceptors (Lipinski definition) is 4.